The molecule has 27 heavy (non-hydrogen) atoms. The Kier molecular flexibility index (Phi) is 5.70. The predicted octanol–water partition coefficient (Wildman–Crippen LogP) is 3.79. The van der Waals surface area contributed by atoms with Crippen LogP contribution >= 0.6 is 0 Å². The van der Waals surface area contributed by atoms with Crippen LogP contribution in [-0.4, -0.2) is 27.0 Å². The molecule has 0 atom stereocenters. The normalized spacial score (nSPS) is 15.1. The molecular formula is C20H24N2O4S. The fourth-order valence-corrected chi connectivity index (χ4v) is 4.07. The maximum absolute atomic E-state index is 12.7. The van der Waals surface area contributed by atoms with Gasteiger partial charge in [-0.15, -0.1) is 0 Å². The number of nitrogens with one attached hydrogen (secondary N) is 1. The molecule has 2 aromatic rings. The second-order valence-electron chi connectivity index (χ2n) is 6.76. The van der Waals surface area contributed by atoms with Gasteiger partial charge in [0.1, 0.15) is 5.75 Å². The van der Waals surface area contributed by atoms with E-state index < -0.39 is 10.0 Å². The zero-order chi connectivity index (χ0) is 19.4. The first-order chi connectivity index (χ1) is 12.9. The molecule has 1 amide bonds. The van der Waals surface area contributed by atoms with Gasteiger partial charge < -0.3 is 9.64 Å². The molecule has 1 fully saturated rings. The third-order valence-corrected chi connectivity index (χ3v) is 5.66. The van der Waals surface area contributed by atoms with Gasteiger partial charge in [-0.3, -0.25) is 9.52 Å². The summed E-state index contributed by atoms with van der Waals surface area (Å²) in [6.07, 6.45) is 2.33. The number of amides is 1. The zero-order valence-corrected chi connectivity index (χ0v) is 16.3. The first-order valence-corrected chi connectivity index (χ1v) is 10.5. The van der Waals surface area contributed by atoms with E-state index in [2.05, 4.69) is 4.72 Å². The molecule has 0 saturated carbocycles. The van der Waals surface area contributed by atoms with Crippen molar-refractivity contribution in [3.63, 3.8) is 0 Å². The molecule has 0 aromatic heterocycles. The quantitative estimate of drug-likeness (QED) is 0.817. The van der Waals surface area contributed by atoms with E-state index in [-0.39, 0.29) is 16.9 Å². The maximum atomic E-state index is 12.7. The number of hydrogen-bond acceptors (Lipinski definition) is 4. The number of ether oxygens (including phenoxy) is 1. The number of carbonyl (C=O) groups excluding carboxylic acids is 1. The Morgan fingerprint density at radius 2 is 1.74 bits per heavy atom. The summed E-state index contributed by atoms with van der Waals surface area (Å²) in [4.78, 5) is 13.9. The number of piperidine rings is 1. The van der Waals surface area contributed by atoms with Crippen LogP contribution in [0.4, 0.5) is 11.4 Å². The van der Waals surface area contributed by atoms with Crippen LogP contribution in [0.3, 0.4) is 0 Å². The van der Waals surface area contributed by atoms with Crippen LogP contribution in [0, 0.1) is 0 Å². The SMILES string of the molecule is CC(C)Oc1ccccc1NS(=O)(=O)c1ccc(N2CCCCC2=O)cc1. The Hall–Kier alpha value is -2.54. The Morgan fingerprint density at radius 1 is 1.04 bits per heavy atom. The van der Waals surface area contributed by atoms with E-state index in [4.69, 9.17) is 4.74 Å². The molecule has 1 N–H and O–H groups in total. The van der Waals surface area contributed by atoms with Crippen molar-refractivity contribution in [3.05, 3.63) is 48.5 Å². The van der Waals surface area contributed by atoms with Gasteiger partial charge in [0.15, 0.2) is 0 Å². The summed E-state index contributed by atoms with van der Waals surface area (Å²) in [7, 11) is -3.77. The second-order valence-corrected chi connectivity index (χ2v) is 8.45. The number of anilines is 2. The molecule has 6 nitrogen and oxygen atoms in total. The van der Waals surface area contributed by atoms with Crippen molar-refractivity contribution < 1.29 is 17.9 Å². The van der Waals surface area contributed by atoms with E-state index in [9.17, 15) is 13.2 Å². The summed E-state index contributed by atoms with van der Waals surface area (Å²) in [6.45, 7) is 4.43. The molecule has 7 heteroatoms. The minimum Gasteiger partial charge on any atom is -0.489 e. The number of para-hydroxylation sites is 2. The Morgan fingerprint density at radius 3 is 2.41 bits per heavy atom. The number of rotatable bonds is 6. The van der Waals surface area contributed by atoms with Crippen LogP contribution < -0.4 is 14.4 Å². The van der Waals surface area contributed by atoms with Gasteiger partial charge in [-0.25, -0.2) is 8.42 Å². The lowest BCUT2D eigenvalue weighted by Gasteiger charge is -2.26. The average molecular weight is 388 g/mol. The number of sulfonamides is 1. The Bertz CT molecular complexity index is 908. The van der Waals surface area contributed by atoms with Crippen molar-refractivity contribution in [2.75, 3.05) is 16.2 Å². The number of carbonyl (C=O) groups is 1. The number of benzene rings is 2. The fraction of sp³-hybridized carbons (Fsp3) is 0.350. The largest absolute Gasteiger partial charge is 0.489 e. The van der Waals surface area contributed by atoms with E-state index in [0.29, 0.717) is 24.4 Å². The predicted molar refractivity (Wildman–Crippen MR) is 106 cm³/mol. The van der Waals surface area contributed by atoms with E-state index in [1.165, 1.54) is 12.1 Å². The summed E-state index contributed by atoms with van der Waals surface area (Å²) in [5.74, 6) is 0.557. The van der Waals surface area contributed by atoms with Gasteiger partial charge in [-0.2, -0.15) is 0 Å². The van der Waals surface area contributed by atoms with Crippen LogP contribution in [0.2, 0.25) is 0 Å². The second kappa shape index (κ2) is 8.00. The van der Waals surface area contributed by atoms with Gasteiger partial charge in [0.2, 0.25) is 5.91 Å². The fourth-order valence-electron chi connectivity index (χ4n) is 3.00. The highest BCUT2D eigenvalue weighted by Gasteiger charge is 2.21. The number of hydrogen-bond donors (Lipinski definition) is 1. The molecular weight excluding hydrogens is 364 g/mol. The highest BCUT2D eigenvalue weighted by atomic mass is 32.2. The van der Waals surface area contributed by atoms with Crippen molar-refractivity contribution in [1.82, 2.24) is 0 Å². The highest BCUT2D eigenvalue weighted by Crippen LogP contribution is 2.28. The van der Waals surface area contributed by atoms with Gasteiger partial charge >= 0.3 is 0 Å². The Balaban J connectivity index is 1.80. The smallest absolute Gasteiger partial charge is 0.262 e. The molecule has 1 aliphatic rings. The summed E-state index contributed by atoms with van der Waals surface area (Å²) >= 11 is 0. The van der Waals surface area contributed by atoms with Crippen LogP contribution in [0.15, 0.2) is 53.4 Å². The summed E-state index contributed by atoms with van der Waals surface area (Å²) < 4.78 is 33.7. The van der Waals surface area contributed by atoms with Crippen LogP contribution in [0.1, 0.15) is 33.1 Å². The van der Waals surface area contributed by atoms with E-state index in [1.807, 2.05) is 13.8 Å². The summed E-state index contributed by atoms with van der Waals surface area (Å²) in [5, 5.41) is 0. The molecule has 0 radical (unpaired) electrons. The lowest BCUT2D eigenvalue weighted by molar-refractivity contribution is -0.119. The van der Waals surface area contributed by atoms with Crippen molar-refractivity contribution >= 4 is 27.3 Å². The van der Waals surface area contributed by atoms with Crippen molar-refractivity contribution in [1.29, 1.82) is 0 Å². The minimum absolute atomic E-state index is 0.0722. The topological polar surface area (TPSA) is 75.7 Å². The molecule has 1 saturated heterocycles. The molecule has 2 aromatic carbocycles. The molecule has 1 heterocycles. The summed E-state index contributed by atoms with van der Waals surface area (Å²) in [6, 6.07) is 13.3. The highest BCUT2D eigenvalue weighted by molar-refractivity contribution is 7.92. The van der Waals surface area contributed by atoms with E-state index in [0.717, 1.165) is 18.5 Å². The lowest BCUT2D eigenvalue weighted by atomic mass is 10.1. The van der Waals surface area contributed by atoms with Crippen molar-refractivity contribution in [3.8, 4) is 5.75 Å². The molecule has 1 aliphatic heterocycles. The van der Waals surface area contributed by atoms with Gasteiger partial charge in [0.25, 0.3) is 10.0 Å². The van der Waals surface area contributed by atoms with E-state index in [1.54, 1.807) is 41.3 Å². The third-order valence-electron chi connectivity index (χ3n) is 4.28. The molecule has 0 unspecified atom stereocenters. The lowest BCUT2D eigenvalue weighted by Crippen LogP contribution is -2.35. The van der Waals surface area contributed by atoms with Crippen molar-refractivity contribution in [2.45, 2.75) is 44.1 Å². The summed E-state index contributed by atoms with van der Waals surface area (Å²) in [5.41, 5.74) is 1.11. The first-order valence-electron chi connectivity index (χ1n) is 9.06. The Labute approximate surface area is 160 Å². The van der Waals surface area contributed by atoms with Gasteiger partial charge in [-0.1, -0.05) is 12.1 Å². The maximum Gasteiger partial charge on any atom is 0.262 e. The third kappa shape index (κ3) is 4.60. The molecule has 0 bridgehead atoms. The van der Waals surface area contributed by atoms with Gasteiger partial charge in [-0.05, 0) is 63.1 Å². The standard InChI is InChI=1S/C20H24N2O4S/c1-15(2)26-19-8-4-3-7-18(19)21-27(24,25)17-12-10-16(11-13-17)22-14-6-5-9-20(22)23/h3-4,7-8,10-13,15,21H,5-6,9,14H2,1-2H3. The monoisotopic (exact) mass is 388 g/mol. The van der Waals surface area contributed by atoms with Gasteiger partial charge in [0, 0.05) is 18.7 Å². The molecule has 3 rings (SSSR count). The van der Waals surface area contributed by atoms with Crippen molar-refractivity contribution in [2.24, 2.45) is 0 Å². The first kappa shape index (κ1) is 19.2. The molecule has 144 valence electrons. The minimum atomic E-state index is -3.77. The van der Waals surface area contributed by atoms with Crippen LogP contribution in [-0.2, 0) is 14.8 Å². The molecule has 0 aliphatic carbocycles. The average Bonchev–Trinajstić information content (AvgIpc) is 2.63. The molecule has 0 spiro atoms. The van der Waals surface area contributed by atoms with E-state index >= 15 is 0 Å². The van der Waals surface area contributed by atoms with Gasteiger partial charge in [0.05, 0.1) is 16.7 Å². The number of nitrogens with zero attached hydrogens (tertiary/aromatic N) is 1. The zero-order valence-electron chi connectivity index (χ0n) is 15.5. The van der Waals surface area contributed by atoms with Crippen LogP contribution in [0.5, 0.6) is 5.75 Å². The van der Waals surface area contributed by atoms with Crippen LogP contribution in [0.25, 0.3) is 0 Å².